The largest absolute Gasteiger partial charge is 0.365 e. The number of benzene rings is 1. The van der Waals surface area contributed by atoms with E-state index in [-0.39, 0.29) is 10.7 Å². The number of aromatic nitrogens is 2. The van der Waals surface area contributed by atoms with Crippen LogP contribution in [0.25, 0.3) is 0 Å². The Labute approximate surface area is 130 Å². The first-order valence-corrected chi connectivity index (χ1v) is 8.19. The summed E-state index contributed by atoms with van der Waals surface area (Å²) < 4.78 is 27.3. The maximum Gasteiger partial charge on any atom is 0.263 e. The smallest absolute Gasteiger partial charge is 0.263 e. The Hall–Kier alpha value is -2.41. The number of nitrogens with zero attached hydrogens (tertiary/aromatic N) is 2. The van der Waals surface area contributed by atoms with Gasteiger partial charge in [-0.05, 0) is 43.2 Å². The molecule has 0 radical (unpaired) electrons. The summed E-state index contributed by atoms with van der Waals surface area (Å²) in [5, 5.41) is 10.7. The van der Waals surface area contributed by atoms with Crippen molar-refractivity contribution in [2.75, 3.05) is 16.6 Å². The van der Waals surface area contributed by atoms with Gasteiger partial charge in [0, 0.05) is 6.54 Å². The molecule has 1 aromatic carbocycles. The van der Waals surface area contributed by atoms with Gasteiger partial charge >= 0.3 is 0 Å². The zero-order chi connectivity index (χ0) is 16.2. The lowest BCUT2D eigenvalue weighted by Crippen LogP contribution is -2.16. The minimum atomic E-state index is -3.69. The molecule has 2 N–H and O–H groups in total. The topological polar surface area (TPSA) is 84.0 Å². The fourth-order valence-electron chi connectivity index (χ4n) is 1.85. The van der Waals surface area contributed by atoms with Gasteiger partial charge in [0.25, 0.3) is 10.0 Å². The Bertz CT molecular complexity index is 771. The highest BCUT2D eigenvalue weighted by Crippen LogP contribution is 2.19. The van der Waals surface area contributed by atoms with Gasteiger partial charge in [-0.3, -0.25) is 4.72 Å². The van der Waals surface area contributed by atoms with Crippen molar-refractivity contribution in [2.24, 2.45) is 0 Å². The van der Waals surface area contributed by atoms with Crippen molar-refractivity contribution in [1.82, 2.24) is 10.2 Å². The molecule has 0 aliphatic heterocycles. The lowest BCUT2D eigenvalue weighted by atomic mass is 10.2. The second-order valence-electron chi connectivity index (χ2n) is 4.85. The molecular formula is C15H18N4O2S. The van der Waals surface area contributed by atoms with E-state index in [1.54, 1.807) is 37.3 Å². The van der Waals surface area contributed by atoms with Gasteiger partial charge in [0.05, 0.1) is 4.90 Å². The van der Waals surface area contributed by atoms with E-state index in [4.69, 9.17) is 0 Å². The lowest BCUT2D eigenvalue weighted by Gasteiger charge is -2.10. The van der Waals surface area contributed by atoms with Gasteiger partial charge in [-0.15, -0.1) is 16.8 Å². The summed E-state index contributed by atoms with van der Waals surface area (Å²) in [7, 11) is -3.69. The molecule has 6 nitrogen and oxygen atoms in total. The third-order valence-electron chi connectivity index (χ3n) is 2.96. The van der Waals surface area contributed by atoms with Gasteiger partial charge in [-0.1, -0.05) is 18.2 Å². The first-order chi connectivity index (χ1) is 10.4. The van der Waals surface area contributed by atoms with Crippen LogP contribution in [0.2, 0.25) is 0 Å². The molecule has 116 valence electrons. The van der Waals surface area contributed by atoms with Crippen LogP contribution >= 0.6 is 0 Å². The molecule has 0 saturated carbocycles. The van der Waals surface area contributed by atoms with Crippen LogP contribution in [0.4, 0.5) is 11.6 Å². The van der Waals surface area contributed by atoms with Gasteiger partial charge in [-0.25, -0.2) is 8.42 Å². The second-order valence-corrected chi connectivity index (χ2v) is 6.50. The third-order valence-corrected chi connectivity index (χ3v) is 4.46. The Morgan fingerprint density at radius 1 is 1.14 bits per heavy atom. The molecule has 22 heavy (non-hydrogen) atoms. The van der Waals surface area contributed by atoms with Crippen molar-refractivity contribution in [1.29, 1.82) is 0 Å². The fraction of sp³-hybridized carbons (Fsp3) is 0.200. The number of rotatable bonds is 6. The average Bonchev–Trinajstić information content (AvgIpc) is 2.48. The van der Waals surface area contributed by atoms with Crippen molar-refractivity contribution >= 4 is 21.7 Å². The Morgan fingerprint density at radius 3 is 2.45 bits per heavy atom. The van der Waals surface area contributed by atoms with Crippen LogP contribution in [0.3, 0.4) is 0 Å². The maximum absolute atomic E-state index is 12.4. The van der Waals surface area contributed by atoms with E-state index in [1.165, 1.54) is 0 Å². The van der Waals surface area contributed by atoms with Crippen LogP contribution < -0.4 is 10.0 Å². The molecule has 2 aromatic rings. The number of aryl methyl sites for hydroxylation is 2. The predicted octanol–water partition coefficient (Wildman–Crippen LogP) is 2.49. The summed E-state index contributed by atoms with van der Waals surface area (Å²) in [5.74, 6) is 0.722. The van der Waals surface area contributed by atoms with Crippen molar-refractivity contribution in [3.63, 3.8) is 0 Å². The van der Waals surface area contributed by atoms with Crippen LogP contribution in [0.1, 0.15) is 11.1 Å². The Balaban J connectivity index is 2.21. The van der Waals surface area contributed by atoms with E-state index in [0.717, 1.165) is 5.56 Å². The van der Waals surface area contributed by atoms with Crippen LogP contribution in [-0.4, -0.2) is 25.2 Å². The molecule has 0 bridgehead atoms. The van der Waals surface area contributed by atoms with Gasteiger partial charge in [0.2, 0.25) is 0 Å². The summed E-state index contributed by atoms with van der Waals surface area (Å²) in [6.07, 6.45) is 1.69. The first-order valence-electron chi connectivity index (χ1n) is 6.71. The third kappa shape index (κ3) is 3.82. The highest BCUT2D eigenvalue weighted by molar-refractivity contribution is 7.92. The van der Waals surface area contributed by atoms with E-state index >= 15 is 0 Å². The number of sulfonamides is 1. The minimum absolute atomic E-state index is 0.171. The summed E-state index contributed by atoms with van der Waals surface area (Å²) >= 11 is 0. The van der Waals surface area contributed by atoms with Gasteiger partial charge in [0.15, 0.2) is 5.82 Å². The molecule has 1 heterocycles. The monoisotopic (exact) mass is 318 g/mol. The number of hydrogen-bond donors (Lipinski definition) is 2. The minimum Gasteiger partial charge on any atom is -0.365 e. The SMILES string of the molecule is C=CCNc1ccc(NS(=O)(=O)c2cc(C)ccc2C)nn1. The normalized spacial score (nSPS) is 11.0. The lowest BCUT2D eigenvalue weighted by molar-refractivity contribution is 0.600. The van der Waals surface area contributed by atoms with E-state index in [1.807, 2.05) is 13.0 Å². The Kier molecular flexibility index (Phi) is 4.77. The maximum atomic E-state index is 12.4. The molecule has 0 aliphatic rings. The quantitative estimate of drug-likeness (QED) is 0.799. The predicted molar refractivity (Wildman–Crippen MR) is 87.4 cm³/mol. The molecule has 0 spiro atoms. The van der Waals surface area contributed by atoms with Crippen molar-refractivity contribution in [2.45, 2.75) is 18.7 Å². The molecule has 0 amide bonds. The average molecular weight is 318 g/mol. The second kappa shape index (κ2) is 6.57. The van der Waals surface area contributed by atoms with E-state index in [2.05, 4.69) is 26.8 Å². The van der Waals surface area contributed by atoms with E-state index in [9.17, 15) is 8.42 Å². The van der Waals surface area contributed by atoms with E-state index in [0.29, 0.717) is 17.9 Å². The molecule has 0 aliphatic carbocycles. The van der Waals surface area contributed by atoms with Crippen molar-refractivity contribution < 1.29 is 8.42 Å². The zero-order valence-corrected chi connectivity index (χ0v) is 13.3. The Morgan fingerprint density at radius 2 is 1.82 bits per heavy atom. The zero-order valence-electron chi connectivity index (χ0n) is 12.5. The summed E-state index contributed by atoms with van der Waals surface area (Å²) in [6.45, 7) is 7.74. The van der Waals surface area contributed by atoms with E-state index < -0.39 is 10.0 Å². The number of nitrogens with one attached hydrogen (secondary N) is 2. The molecule has 0 unspecified atom stereocenters. The first kappa shape index (κ1) is 16.0. The standard InChI is InChI=1S/C15H18N4O2S/c1-4-9-16-14-7-8-15(18-17-14)19-22(20,21)13-10-11(2)5-6-12(13)3/h4-8,10H,1,9H2,2-3H3,(H,16,17)(H,18,19). The van der Waals surface area contributed by atoms with Gasteiger partial charge in [-0.2, -0.15) is 0 Å². The molecule has 2 rings (SSSR count). The highest BCUT2D eigenvalue weighted by Gasteiger charge is 2.17. The van der Waals surface area contributed by atoms with Crippen LogP contribution in [0.5, 0.6) is 0 Å². The molecule has 7 heteroatoms. The number of hydrogen-bond acceptors (Lipinski definition) is 5. The van der Waals surface area contributed by atoms with Gasteiger partial charge in [0.1, 0.15) is 5.82 Å². The number of anilines is 2. The fourth-order valence-corrected chi connectivity index (χ4v) is 3.17. The van der Waals surface area contributed by atoms with Crippen LogP contribution in [-0.2, 0) is 10.0 Å². The van der Waals surface area contributed by atoms with Crippen LogP contribution in [0.15, 0.2) is 47.9 Å². The van der Waals surface area contributed by atoms with Crippen molar-refractivity contribution in [3.05, 3.63) is 54.1 Å². The van der Waals surface area contributed by atoms with Gasteiger partial charge < -0.3 is 5.32 Å². The summed E-state index contributed by atoms with van der Waals surface area (Å²) in [6, 6.07) is 8.48. The molecule has 0 saturated heterocycles. The molecule has 0 fully saturated rings. The van der Waals surface area contributed by atoms with Crippen molar-refractivity contribution in [3.8, 4) is 0 Å². The molecule has 1 aromatic heterocycles. The summed E-state index contributed by atoms with van der Waals surface area (Å²) in [4.78, 5) is 0.239. The molecule has 0 atom stereocenters. The molecular weight excluding hydrogens is 300 g/mol. The summed E-state index contributed by atoms with van der Waals surface area (Å²) in [5.41, 5.74) is 1.55. The highest BCUT2D eigenvalue weighted by atomic mass is 32.2. The van der Waals surface area contributed by atoms with Crippen LogP contribution in [0, 0.1) is 13.8 Å².